The Morgan fingerprint density at radius 1 is 1.18 bits per heavy atom. The van der Waals surface area contributed by atoms with Gasteiger partial charge >= 0.3 is 0 Å². The van der Waals surface area contributed by atoms with Gasteiger partial charge in [0.15, 0.2) is 0 Å². The molecule has 0 N–H and O–H groups in total. The van der Waals surface area contributed by atoms with Crippen LogP contribution in [-0.2, 0) is 11.4 Å². The van der Waals surface area contributed by atoms with E-state index in [1.54, 1.807) is 29.4 Å². The molecule has 4 aromatic rings. The maximum Gasteiger partial charge on any atom is 0.246 e. The number of likely N-dealkylation sites (tertiary alicyclic amines) is 1. The van der Waals surface area contributed by atoms with Crippen LogP contribution in [-0.4, -0.2) is 31.7 Å². The monoisotopic (exact) mass is 460 g/mol. The molecule has 172 valence electrons. The molecule has 1 aliphatic rings. The second-order valence-corrected chi connectivity index (χ2v) is 8.06. The van der Waals surface area contributed by atoms with E-state index in [4.69, 9.17) is 9.72 Å². The first-order valence-electron chi connectivity index (χ1n) is 11.0. The Bertz CT molecular complexity index is 1350. The molecular formula is C26H22F2N4O2. The molecule has 5 rings (SSSR count). The van der Waals surface area contributed by atoms with Gasteiger partial charge in [-0.2, -0.15) is 0 Å². The van der Waals surface area contributed by atoms with Crippen molar-refractivity contribution in [3.8, 4) is 17.0 Å². The fourth-order valence-electron chi connectivity index (χ4n) is 4.36. The Morgan fingerprint density at radius 3 is 2.68 bits per heavy atom. The standard InChI is InChI=1S/C26H22F2N4O2/c1-2-24(33)31-13-4-7-22(31)26-30-25(23-15-29-12-14-32(23)26)17-8-10-18(11-9-17)34-16-19-20(27)5-3-6-21(19)28/h2-3,5-6,8-12,14-15,22H,1,4,7,13,16H2/t22-/m0/s1. The average Bonchev–Trinajstić information content (AvgIpc) is 3.49. The van der Waals surface area contributed by atoms with Crippen molar-refractivity contribution in [2.24, 2.45) is 0 Å². The van der Waals surface area contributed by atoms with Crippen molar-refractivity contribution in [1.82, 2.24) is 19.3 Å². The number of carbonyl (C=O) groups is 1. The number of hydrogen-bond donors (Lipinski definition) is 0. The predicted octanol–water partition coefficient (Wildman–Crippen LogP) is 5.10. The van der Waals surface area contributed by atoms with Gasteiger partial charge in [0.2, 0.25) is 5.91 Å². The summed E-state index contributed by atoms with van der Waals surface area (Å²) in [5, 5.41) is 0. The van der Waals surface area contributed by atoms with E-state index in [1.165, 1.54) is 24.3 Å². The number of aromatic nitrogens is 3. The highest BCUT2D eigenvalue weighted by atomic mass is 19.1. The summed E-state index contributed by atoms with van der Waals surface area (Å²) in [6.45, 7) is 4.07. The van der Waals surface area contributed by atoms with Gasteiger partial charge < -0.3 is 9.64 Å². The van der Waals surface area contributed by atoms with Gasteiger partial charge in [-0.05, 0) is 55.3 Å². The van der Waals surface area contributed by atoms with E-state index in [-0.39, 0.29) is 24.1 Å². The molecular weight excluding hydrogens is 438 g/mol. The molecule has 0 radical (unpaired) electrons. The summed E-state index contributed by atoms with van der Waals surface area (Å²) in [6, 6.07) is 10.7. The molecule has 2 aromatic carbocycles. The lowest BCUT2D eigenvalue weighted by Crippen LogP contribution is -2.29. The smallest absolute Gasteiger partial charge is 0.246 e. The molecule has 0 spiro atoms. The lowest BCUT2D eigenvalue weighted by Gasteiger charge is -2.22. The van der Waals surface area contributed by atoms with Crippen LogP contribution >= 0.6 is 0 Å². The van der Waals surface area contributed by atoms with E-state index >= 15 is 0 Å². The third-order valence-electron chi connectivity index (χ3n) is 6.06. The number of rotatable bonds is 6. The maximum absolute atomic E-state index is 13.9. The van der Waals surface area contributed by atoms with Gasteiger partial charge in [0.1, 0.15) is 29.8 Å². The number of fused-ring (bicyclic) bond motifs is 1. The highest BCUT2D eigenvalue weighted by Gasteiger charge is 2.32. The minimum absolute atomic E-state index is 0.109. The van der Waals surface area contributed by atoms with Gasteiger partial charge in [0, 0.05) is 24.5 Å². The van der Waals surface area contributed by atoms with Crippen molar-refractivity contribution >= 4 is 11.4 Å². The summed E-state index contributed by atoms with van der Waals surface area (Å²) in [7, 11) is 0. The third-order valence-corrected chi connectivity index (χ3v) is 6.06. The van der Waals surface area contributed by atoms with Gasteiger partial charge in [-0.3, -0.25) is 14.2 Å². The second-order valence-electron chi connectivity index (χ2n) is 8.06. The molecule has 34 heavy (non-hydrogen) atoms. The Balaban J connectivity index is 1.43. The first-order valence-corrected chi connectivity index (χ1v) is 11.0. The number of hydrogen-bond acceptors (Lipinski definition) is 4. The van der Waals surface area contributed by atoms with E-state index in [0.717, 1.165) is 35.4 Å². The largest absolute Gasteiger partial charge is 0.489 e. The summed E-state index contributed by atoms with van der Waals surface area (Å²) in [4.78, 5) is 23.3. The van der Waals surface area contributed by atoms with Crippen molar-refractivity contribution < 1.29 is 18.3 Å². The zero-order chi connectivity index (χ0) is 23.7. The van der Waals surface area contributed by atoms with Crippen LogP contribution in [0.2, 0.25) is 0 Å². The molecule has 1 aliphatic heterocycles. The van der Waals surface area contributed by atoms with Crippen molar-refractivity contribution in [2.75, 3.05) is 6.54 Å². The molecule has 1 atom stereocenters. The highest BCUT2D eigenvalue weighted by Crippen LogP contribution is 2.35. The quantitative estimate of drug-likeness (QED) is 0.376. The Labute approximate surface area is 195 Å². The number of imidazole rings is 1. The minimum atomic E-state index is -0.642. The lowest BCUT2D eigenvalue weighted by molar-refractivity contribution is -0.127. The Hall–Kier alpha value is -4.07. The molecule has 8 heteroatoms. The predicted molar refractivity (Wildman–Crippen MR) is 123 cm³/mol. The molecule has 1 saturated heterocycles. The van der Waals surface area contributed by atoms with Gasteiger partial charge in [0.25, 0.3) is 0 Å². The van der Waals surface area contributed by atoms with Crippen LogP contribution in [0.4, 0.5) is 8.78 Å². The first kappa shape index (κ1) is 21.8. The zero-order valence-corrected chi connectivity index (χ0v) is 18.3. The second kappa shape index (κ2) is 9.05. The number of benzene rings is 2. The number of amides is 1. The van der Waals surface area contributed by atoms with E-state index in [0.29, 0.717) is 12.3 Å². The fraction of sp³-hybridized carbons (Fsp3) is 0.192. The van der Waals surface area contributed by atoms with Crippen LogP contribution in [0.5, 0.6) is 5.75 Å². The van der Waals surface area contributed by atoms with Crippen LogP contribution < -0.4 is 4.74 Å². The first-order chi connectivity index (χ1) is 16.6. The Kier molecular flexibility index (Phi) is 5.79. The summed E-state index contributed by atoms with van der Waals surface area (Å²) in [6.07, 6.45) is 8.33. The van der Waals surface area contributed by atoms with Crippen LogP contribution in [0.25, 0.3) is 16.8 Å². The van der Waals surface area contributed by atoms with Crippen molar-refractivity contribution in [2.45, 2.75) is 25.5 Å². The molecule has 0 unspecified atom stereocenters. The molecule has 1 amide bonds. The number of halogens is 2. The minimum Gasteiger partial charge on any atom is -0.489 e. The van der Waals surface area contributed by atoms with E-state index in [9.17, 15) is 13.6 Å². The van der Waals surface area contributed by atoms with Crippen LogP contribution in [0, 0.1) is 11.6 Å². The molecule has 3 heterocycles. The number of nitrogens with zero attached hydrogens (tertiary/aromatic N) is 4. The number of ether oxygens (including phenoxy) is 1. The molecule has 0 bridgehead atoms. The summed E-state index contributed by atoms with van der Waals surface area (Å²) in [5.41, 5.74) is 2.27. The van der Waals surface area contributed by atoms with Crippen molar-refractivity contribution in [1.29, 1.82) is 0 Å². The summed E-state index contributed by atoms with van der Waals surface area (Å²) in [5.74, 6) is -0.140. The Morgan fingerprint density at radius 2 is 1.94 bits per heavy atom. The lowest BCUT2D eigenvalue weighted by atomic mass is 10.1. The van der Waals surface area contributed by atoms with Gasteiger partial charge in [0.05, 0.1) is 29.0 Å². The summed E-state index contributed by atoms with van der Waals surface area (Å²) >= 11 is 0. The van der Waals surface area contributed by atoms with Gasteiger partial charge in [-0.25, -0.2) is 13.8 Å². The van der Waals surface area contributed by atoms with E-state index < -0.39 is 11.6 Å². The summed E-state index contributed by atoms with van der Waals surface area (Å²) < 4.78 is 35.3. The molecule has 1 fully saturated rings. The van der Waals surface area contributed by atoms with E-state index in [1.807, 2.05) is 22.7 Å². The van der Waals surface area contributed by atoms with Gasteiger partial charge in [-0.15, -0.1) is 0 Å². The number of carbonyl (C=O) groups excluding carboxylic acids is 1. The fourth-order valence-corrected chi connectivity index (χ4v) is 4.36. The average molecular weight is 460 g/mol. The molecule has 6 nitrogen and oxygen atoms in total. The van der Waals surface area contributed by atoms with Crippen LogP contribution in [0.1, 0.15) is 30.3 Å². The normalized spacial score (nSPS) is 15.6. The molecule has 0 aliphatic carbocycles. The van der Waals surface area contributed by atoms with Crippen molar-refractivity contribution in [3.63, 3.8) is 0 Å². The molecule has 2 aromatic heterocycles. The van der Waals surface area contributed by atoms with Gasteiger partial charge in [-0.1, -0.05) is 12.6 Å². The maximum atomic E-state index is 13.9. The van der Waals surface area contributed by atoms with Crippen molar-refractivity contribution in [3.05, 3.63) is 96.7 Å². The van der Waals surface area contributed by atoms with Crippen LogP contribution in [0.15, 0.2) is 73.7 Å². The third kappa shape index (κ3) is 3.91. The SMILES string of the molecule is C=CC(=O)N1CCC[C@H]1c1nc(-c2ccc(OCc3c(F)cccc3F)cc2)c2cnccn12. The van der Waals surface area contributed by atoms with Crippen LogP contribution in [0.3, 0.4) is 0 Å². The van der Waals surface area contributed by atoms with E-state index in [2.05, 4.69) is 11.6 Å². The highest BCUT2D eigenvalue weighted by molar-refractivity contribution is 5.87. The molecule has 0 saturated carbocycles. The zero-order valence-electron chi connectivity index (χ0n) is 18.3. The topological polar surface area (TPSA) is 59.7 Å².